The number of thiazole rings is 1. The molecule has 0 aromatic carbocycles. The van der Waals surface area contributed by atoms with Crippen LogP contribution in [0.2, 0.25) is 0 Å². The number of anilines is 2. The van der Waals surface area contributed by atoms with Gasteiger partial charge in [0.25, 0.3) is 5.91 Å². The van der Waals surface area contributed by atoms with Crippen LogP contribution in [0.5, 0.6) is 0 Å². The van der Waals surface area contributed by atoms with Crippen molar-refractivity contribution in [3.63, 3.8) is 0 Å². The predicted octanol–water partition coefficient (Wildman–Crippen LogP) is 2.86. The first-order valence-electron chi connectivity index (χ1n) is 6.48. The maximum atomic E-state index is 12.3. The number of thiophene rings is 1. The van der Waals surface area contributed by atoms with Crippen molar-refractivity contribution in [1.29, 1.82) is 0 Å². The van der Waals surface area contributed by atoms with Gasteiger partial charge in [-0.1, -0.05) is 0 Å². The lowest BCUT2D eigenvalue weighted by Crippen LogP contribution is -2.11. The molecule has 1 aliphatic rings. The van der Waals surface area contributed by atoms with Crippen LogP contribution in [0, 0.1) is 0 Å². The third-order valence-corrected chi connectivity index (χ3v) is 5.18. The second-order valence-electron chi connectivity index (χ2n) is 4.86. The molecule has 106 valence electrons. The third kappa shape index (κ3) is 2.26. The molecule has 1 saturated carbocycles. The highest BCUT2D eigenvalue weighted by atomic mass is 32.1. The van der Waals surface area contributed by atoms with E-state index in [2.05, 4.69) is 20.3 Å². The molecule has 1 amide bonds. The van der Waals surface area contributed by atoms with Gasteiger partial charge in [0, 0.05) is 23.7 Å². The van der Waals surface area contributed by atoms with Gasteiger partial charge in [0.2, 0.25) is 0 Å². The van der Waals surface area contributed by atoms with Crippen LogP contribution in [-0.2, 0) is 0 Å². The van der Waals surface area contributed by atoms with E-state index in [-0.39, 0.29) is 5.91 Å². The minimum atomic E-state index is -0.256. The van der Waals surface area contributed by atoms with Crippen LogP contribution in [0.25, 0.3) is 10.3 Å². The lowest BCUT2D eigenvalue weighted by Gasteiger charge is -1.99. The Balaban J connectivity index is 1.61. The molecule has 3 aromatic rings. The van der Waals surface area contributed by atoms with E-state index in [0.717, 1.165) is 5.69 Å². The van der Waals surface area contributed by atoms with E-state index in [1.165, 1.54) is 35.5 Å². The third-order valence-electron chi connectivity index (χ3n) is 3.31. The average Bonchev–Trinajstić information content (AvgIpc) is 3.15. The number of nitrogens with one attached hydrogen (secondary N) is 1. The number of carbonyl (C=O) groups excluding carboxylic acids is 1. The Labute approximate surface area is 128 Å². The van der Waals surface area contributed by atoms with E-state index >= 15 is 0 Å². The standard InChI is InChI=1S/C13H11N5OS2/c14-8-9-12(16-4-3-15-9)21-10(8)11(19)18-13-17-7(5-20-13)6-1-2-6/h3-6H,1-2,14H2,(H,17,18,19). The summed E-state index contributed by atoms with van der Waals surface area (Å²) in [6.07, 6.45) is 5.54. The highest BCUT2D eigenvalue weighted by Gasteiger charge is 2.26. The van der Waals surface area contributed by atoms with Gasteiger partial charge in [-0.15, -0.1) is 22.7 Å². The first kappa shape index (κ1) is 12.7. The summed E-state index contributed by atoms with van der Waals surface area (Å²) in [5.74, 6) is 0.323. The zero-order valence-corrected chi connectivity index (χ0v) is 12.5. The molecule has 3 aromatic heterocycles. The van der Waals surface area contributed by atoms with Crippen molar-refractivity contribution < 1.29 is 4.79 Å². The minimum Gasteiger partial charge on any atom is -0.396 e. The van der Waals surface area contributed by atoms with Gasteiger partial charge in [0.1, 0.15) is 15.2 Å². The average molecular weight is 317 g/mol. The molecular formula is C13H11N5OS2. The summed E-state index contributed by atoms with van der Waals surface area (Å²) in [6, 6.07) is 0. The van der Waals surface area contributed by atoms with Crippen LogP contribution in [-0.4, -0.2) is 20.9 Å². The fourth-order valence-corrected chi connectivity index (χ4v) is 3.78. The number of hydrogen-bond acceptors (Lipinski definition) is 7. The first-order chi connectivity index (χ1) is 10.2. The second-order valence-corrected chi connectivity index (χ2v) is 6.72. The molecule has 6 nitrogen and oxygen atoms in total. The van der Waals surface area contributed by atoms with Crippen LogP contribution in [0.4, 0.5) is 10.8 Å². The smallest absolute Gasteiger partial charge is 0.269 e. The van der Waals surface area contributed by atoms with Crippen molar-refractivity contribution in [2.75, 3.05) is 11.1 Å². The summed E-state index contributed by atoms with van der Waals surface area (Å²) in [5, 5.41) is 5.42. The molecular weight excluding hydrogens is 306 g/mol. The Kier molecular flexibility index (Phi) is 2.86. The number of hydrogen-bond donors (Lipinski definition) is 2. The molecule has 21 heavy (non-hydrogen) atoms. The number of aromatic nitrogens is 3. The highest BCUT2D eigenvalue weighted by molar-refractivity contribution is 7.21. The number of nitrogens with zero attached hydrogens (tertiary/aromatic N) is 3. The number of amides is 1. The van der Waals surface area contributed by atoms with Crippen molar-refractivity contribution in [2.24, 2.45) is 0 Å². The van der Waals surface area contributed by atoms with Crippen LogP contribution < -0.4 is 11.1 Å². The van der Waals surface area contributed by atoms with E-state index in [9.17, 15) is 4.79 Å². The van der Waals surface area contributed by atoms with Gasteiger partial charge in [-0.2, -0.15) is 0 Å². The summed E-state index contributed by atoms with van der Waals surface area (Å²) in [5.41, 5.74) is 8.01. The number of nitrogen functional groups attached to an aromatic ring is 1. The minimum absolute atomic E-state index is 0.256. The molecule has 0 radical (unpaired) electrons. The number of fused-ring (bicyclic) bond motifs is 1. The van der Waals surface area contributed by atoms with Gasteiger partial charge < -0.3 is 5.73 Å². The normalized spacial score (nSPS) is 14.5. The second kappa shape index (κ2) is 4.74. The van der Waals surface area contributed by atoms with Crippen LogP contribution in [0.15, 0.2) is 17.8 Å². The van der Waals surface area contributed by atoms with Gasteiger partial charge in [-0.25, -0.2) is 15.0 Å². The maximum Gasteiger partial charge on any atom is 0.269 e. The summed E-state index contributed by atoms with van der Waals surface area (Å²) in [4.78, 5) is 26.2. The Morgan fingerprint density at radius 1 is 1.33 bits per heavy atom. The first-order valence-corrected chi connectivity index (χ1v) is 8.18. The monoisotopic (exact) mass is 317 g/mol. The molecule has 4 rings (SSSR count). The zero-order valence-electron chi connectivity index (χ0n) is 10.9. The summed E-state index contributed by atoms with van der Waals surface area (Å²) in [7, 11) is 0. The summed E-state index contributed by atoms with van der Waals surface area (Å²) < 4.78 is 0. The topological polar surface area (TPSA) is 93.8 Å². The SMILES string of the molecule is Nc1c(C(=O)Nc2nc(C3CC3)cs2)sc2nccnc12. The lowest BCUT2D eigenvalue weighted by atomic mass is 10.3. The molecule has 0 aliphatic heterocycles. The quantitative estimate of drug-likeness (QED) is 0.774. The molecule has 0 bridgehead atoms. The predicted molar refractivity (Wildman–Crippen MR) is 83.9 cm³/mol. The van der Waals surface area contributed by atoms with E-state index in [0.29, 0.717) is 32.0 Å². The summed E-state index contributed by atoms with van der Waals surface area (Å²) in [6.45, 7) is 0. The van der Waals surface area contributed by atoms with E-state index in [1.54, 1.807) is 12.4 Å². The fourth-order valence-electron chi connectivity index (χ4n) is 2.08. The lowest BCUT2D eigenvalue weighted by molar-refractivity contribution is 0.103. The number of rotatable bonds is 3. The fraction of sp³-hybridized carbons (Fsp3) is 0.231. The zero-order chi connectivity index (χ0) is 14.4. The number of nitrogens with two attached hydrogens (primary N) is 1. The molecule has 1 fully saturated rings. The molecule has 0 unspecified atom stereocenters. The number of carbonyl (C=O) groups is 1. The van der Waals surface area contributed by atoms with Gasteiger partial charge in [-0.3, -0.25) is 10.1 Å². The largest absolute Gasteiger partial charge is 0.396 e. The summed E-state index contributed by atoms with van der Waals surface area (Å²) >= 11 is 2.69. The Morgan fingerprint density at radius 3 is 2.90 bits per heavy atom. The Morgan fingerprint density at radius 2 is 2.14 bits per heavy atom. The molecule has 0 saturated heterocycles. The Bertz CT molecular complexity index is 836. The van der Waals surface area contributed by atoms with Crippen molar-refractivity contribution >= 4 is 49.7 Å². The molecule has 0 atom stereocenters. The van der Waals surface area contributed by atoms with E-state index in [1.807, 2.05) is 5.38 Å². The maximum absolute atomic E-state index is 12.3. The van der Waals surface area contributed by atoms with Gasteiger partial charge in [-0.05, 0) is 12.8 Å². The van der Waals surface area contributed by atoms with Crippen molar-refractivity contribution in [2.45, 2.75) is 18.8 Å². The van der Waals surface area contributed by atoms with Crippen LogP contribution in [0.3, 0.4) is 0 Å². The Hall–Kier alpha value is -2.06. The molecule has 1 aliphatic carbocycles. The molecule has 0 spiro atoms. The van der Waals surface area contributed by atoms with Crippen LogP contribution in [0.1, 0.15) is 34.1 Å². The molecule has 3 heterocycles. The molecule has 8 heteroatoms. The van der Waals surface area contributed by atoms with Gasteiger partial charge in [0.15, 0.2) is 5.13 Å². The van der Waals surface area contributed by atoms with E-state index < -0.39 is 0 Å². The van der Waals surface area contributed by atoms with Crippen LogP contribution >= 0.6 is 22.7 Å². The molecule has 3 N–H and O–H groups in total. The van der Waals surface area contributed by atoms with Crippen molar-refractivity contribution in [1.82, 2.24) is 15.0 Å². The van der Waals surface area contributed by atoms with Gasteiger partial charge in [0.05, 0.1) is 11.4 Å². The van der Waals surface area contributed by atoms with Crippen molar-refractivity contribution in [3.05, 3.63) is 28.3 Å². The van der Waals surface area contributed by atoms with Gasteiger partial charge >= 0.3 is 0 Å². The van der Waals surface area contributed by atoms with Crippen molar-refractivity contribution in [3.8, 4) is 0 Å². The highest BCUT2D eigenvalue weighted by Crippen LogP contribution is 2.41. The van der Waals surface area contributed by atoms with E-state index in [4.69, 9.17) is 5.73 Å².